The maximum atomic E-state index is 12.6. The Morgan fingerprint density at radius 3 is 2.60 bits per heavy atom. The van der Waals surface area contributed by atoms with Crippen LogP contribution in [0.2, 0.25) is 0 Å². The molecule has 0 radical (unpaired) electrons. The Labute approximate surface area is 268 Å². The molecule has 3 heterocycles. The van der Waals surface area contributed by atoms with Crippen molar-refractivity contribution in [3.63, 3.8) is 0 Å². The van der Waals surface area contributed by atoms with Gasteiger partial charge in [0.15, 0.2) is 0 Å². The zero-order chi connectivity index (χ0) is 31.3. The van der Waals surface area contributed by atoms with Crippen LogP contribution in [-0.2, 0) is 24.0 Å². The largest absolute Gasteiger partial charge is 0.379 e. The highest BCUT2D eigenvalue weighted by Gasteiger charge is 2.11. The molecule has 0 aliphatic carbocycles. The molecular weight excluding hydrogens is 586 g/mol. The number of amides is 3. The van der Waals surface area contributed by atoms with Crippen molar-refractivity contribution in [2.45, 2.75) is 17.1 Å². The number of benzene rings is 2. The Morgan fingerprint density at radius 1 is 1.00 bits per heavy atom. The van der Waals surface area contributed by atoms with Gasteiger partial charge < -0.3 is 20.7 Å². The highest BCUT2D eigenvalue weighted by molar-refractivity contribution is 7.98. The van der Waals surface area contributed by atoms with Crippen LogP contribution in [0.4, 0.5) is 10.5 Å². The van der Waals surface area contributed by atoms with Crippen LogP contribution in [0, 0.1) is 11.8 Å². The minimum Gasteiger partial charge on any atom is -0.379 e. The second-order valence-electron chi connectivity index (χ2n) is 10.5. The summed E-state index contributed by atoms with van der Waals surface area (Å²) in [5, 5.41) is 13.3. The van der Waals surface area contributed by atoms with E-state index in [0.717, 1.165) is 60.1 Å². The average Bonchev–Trinajstić information content (AvgIpc) is 3.49. The van der Waals surface area contributed by atoms with Crippen LogP contribution in [0.25, 0.3) is 0 Å². The average molecular weight is 624 g/mol. The summed E-state index contributed by atoms with van der Waals surface area (Å²) in [6, 6.07) is 18.6. The Morgan fingerprint density at radius 2 is 1.84 bits per heavy atom. The van der Waals surface area contributed by atoms with Gasteiger partial charge in [-0.25, -0.2) is 4.79 Å². The SMILES string of the molecule is Cn1ccc(CSc2ccc(NC(=O)NCCc3cccnc3)cc2C#Cc2ccc(C(=O)NCCN3CCOCC3)cc2)n1. The summed E-state index contributed by atoms with van der Waals surface area (Å²) in [6.07, 6.45) is 6.13. The predicted molar refractivity (Wildman–Crippen MR) is 176 cm³/mol. The Balaban J connectivity index is 1.22. The summed E-state index contributed by atoms with van der Waals surface area (Å²) in [4.78, 5) is 32.6. The number of ether oxygens (including phenoxy) is 1. The highest BCUT2D eigenvalue weighted by atomic mass is 32.2. The summed E-state index contributed by atoms with van der Waals surface area (Å²) in [6.45, 7) is 5.16. The number of anilines is 1. The summed E-state index contributed by atoms with van der Waals surface area (Å²) < 4.78 is 7.16. The molecule has 1 aliphatic heterocycles. The predicted octanol–water partition coefficient (Wildman–Crippen LogP) is 3.93. The number of nitrogens with zero attached hydrogens (tertiary/aromatic N) is 4. The van der Waals surface area contributed by atoms with Crippen molar-refractivity contribution in [2.75, 3.05) is 51.3 Å². The second kappa shape index (κ2) is 16.4. The molecular formula is C34H37N7O3S. The lowest BCUT2D eigenvalue weighted by Crippen LogP contribution is -2.41. The number of aryl methyl sites for hydroxylation is 1. The molecule has 0 bridgehead atoms. The number of morpholine rings is 1. The minimum absolute atomic E-state index is 0.103. The lowest BCUT2D eigenvalue weighted by molar-refractivity contribution is 0.0383. The first-order chi connectivity index (χ1) is 22.0. The van der Waals surface area contributed by atoms with Crippen molar-refractivity contribution >= 4 is 29.4 Å². The monoisotopic (exact) mass is 623 g/mol. The van der Waals surface area contributed by atoms with Crippen molar-refractivity contribution in [3.8, 4) is 11.8 Å². The van der Waals surface area contributed by atoms with Crippen molar-refractivity contribution in [1.82, 2.24) is 30.3 Å². The van der Waals surface area contributed by atoms with Crippen LogP contribution in [0.5, 0.6) is 0 Å². The van der Waals surface area contributed by atoms with E-state index in [2.05, 4.69) is 42.8 Å². The zero-order valence-electron chi connectivity index (χ0n) is 25.3. The number of rotatable bonds is 11. The molecule has 3 amide bonds. The molecule has 11 heteroatoms. The number of pyridine rings is 1. The van der Waals surface area contributed by atoms with E-state index in [4.69, 9.17) is 4.74 Å². The molecule has 0 spiro atoms. The first kappa shape index (κ1) is 31.8. The van der Waals surface area contributed by atoms with Gasteiger partial charge >= 0.3 is 6.03 Å². The standard InChI is InChI=1S/C34H37N7O3S/c1-40-17-13-31(39-40)25-45-32-11-10-30(38-34(43)37-15-12-27-3-2-14-35-24-27)23-29(32)9-6-26-4-7-28(8-5-26)33(42)36-16-18-41-19-21-44-22-20-41/h2-5,7-8,10-11,13-14,17,23-24H,12,15-16,18-22,25H2,1H3,(H,36,42)(H2,37,38,43). The summed E-state index contributed by atoms with van der Waals surface area (Å²) in [7, 11) is 1.90. The van der Waals surface area contributed by atoms with Gasteiger partial charge in [0.25, 0.3) is 5.91 Å². The molecule has 4 aromatic rings. The lowest BCUT2D eigenvalue weighted by Gasteiger charge is -2.26. The molecule has 1 fully saturated rings. The zero-order valence-corrected chi connectivity index (χ0v) is 26.1. The Bertz CT molecular complexity index is 1620. The van der Waals surface area contributed by atoms with Gasteiger partial charge in [-0.2, -0.15) is 5.10 Å². The van der Waals surface area contributed by atoms with Gasteiger partial charge in [-0.3, -0.25) is 19.4 Å². The van der Waals surface area contributed by atoms with E-state index >= 15 is 0 Å². The normalized spacial score (nSPS) is 13.0. The number of urea groups is 1. The number of carbonyl (C=O) groups is 2. The van der Waals surface area contributed by atoms with E-state index in [0.29, 0.717) is 36.5 Å². The van der Waals surface area contributed by atoms with Crippen LogP contribution >= 0.6 is 11.8 Å². The fourth-order valence-electron chi connectivity index (χ4n) is 4.66. The second-order valence-corrected chi connectivity index (χ2v) is 11.5. The number of nitrogens with one attached hydrogen (secondary N) is 3. The van der Waals surface area contributed by atoms with Crippen LogP contribution < -0.4 is 16.0 Å². The van der Waals surface area contributed by atoms with Gasteiger partial charge in [-0.15, -0.1) is 11.8 Å². The maximum absolute atomic E-state index is 12.6. The molecule has 5 rings (SSSR count). The summed E-state index contributed by atoms with van der Waals surface area (Å²) in [5.74, 6) is 7.08. The first-order valence-electron chi connectivity index (χ1n) is 14.9. The third-order valence-corrected chi connectivity index (χ3v) is 8.22. The van der Waals surface area contributed by atoms with E-state index in [1.54, 1.807) is 41.0 Å². The molecule has 3 N–H and O–H groups in total. The summed E-state index contributed by atoms with van der Waals surface area (Å²) >= 11 is 1.64. The van der Waals surface area contributed by atoms with Crippen molar-refractivity contribution in [2.24, 2.45) is 7.05 Å². The molecule has 1 aliphatic rings. The van der Waals surface area contributed by atoms with Crippen molar-refractivity contribution < 1.29 is 14.3 Å². The molecule has 0 saturated carbocycles. The Hall–Kier alpha value is -4.63. The van der Waals surface area contributed by atoms with Gasteiger partial charge in [0.1, 0.15) is 0 Å². The molecule has 10 nitrogen and oxygen atoms in total. The molecule has 1 saturated heterocycles. The van der Waals surface area contributed by atoms with E-state index in [9.17, 15) is 9.59 Å². The molecule has 0 unspecified atom stereocenters. The molecule has 0 atom stereocenters. The Kier molecular flexibility index (Phi) is 11.6. The number of aromatic nitrogens is 3. The van der Waals surface area contributed by atoms with Crippen LogP contribution in [-0.4, -0.2) is 77.5 Å². The van der Waals surface area contributed by atoms with Crippen LogP contribution in [0.15, 0.2) is 84.1 Å². The highest BCUT2D eigenvalue weighted by Crippen LogP contribution is 2.28. The third-order valence-electron chi connectivity index (χ3n) is 7.11. The molecule has 232 valence electrons. The van der Waals surface area contributed by atoms with Gasteiger partial charge in [0.05, 0.1) is 18.9 Å². The fourth-order valence-corrected chi connectivity index (χ4v) is 5.55. The first-order valence-corrected chi connectivity index (χ1v) is 15.9. The number of hydrogen-bond acceptors (Lipinski definition) is 7. The summed E-state index contributed by atoms with van der Waals surface area (Å²) in [5.41, 5.74) is 4.83. The van der Waals surface area contributed by atoms with Gasteiger partial charge in [-0.05, 0) is 66.6 Å². The van der Waals surface area contributed by atoms with E-state index < -0.39 is 0 Å². The molecule has 45 heavy (non-hydrogen) atoms. The van der Waals surface area contributed by atoms with Crippen molar-refractivity contribution in [3.05, 3.63) is 107 Å². The lowest BCUT2D eigenvalue weighted by atomic mass is 10.1. The van der Waals surface area contributed by atoms with E-state index in [1.807, 2.05) is 61.8 Å². The van der Waals surface area contributed by atoms with Gasteiger partial charge in [-0.1, -0.05) is 17.9 Å². The van der Waals surface area contributed by atoms with Crippen LogP contribution in [0.1, 0.15) is 32.7 Å². The van der Waals surface area contributed by atoms with Crippen molar-refractivity contribution in [1.29, 1.82) is 0 Å². The number of carbonyl (C=O) groups excluding carboxylic acids is 2. The van der Waals surface area contributed by atoms with E-state index in [-0.39, 0.29) is 11.9 Å². The quantitative estimate of drug-likeness (QED) is 0.171. The fraction of sp³-hybridized carbons (Fsp3) is 0.294. The third kappa shape index (κ3) is 10.2. The number of thioether (sulfide) groups is 1. The minimum atomic E-state index is -0.287. The van der Waals surface area contributed by atoms with E-state index in [1.165, 1.54) is 0 Å². The molecule has 2 aromatic carbocycles. The maximum Gasteiger partial charge on any atom is 0.319 e. The molecule has 2 aromatic heterocycles. The van der Waals surface area contributed by atoms with Crippen LogP contribution in [0.3, 0.4) is 0 Å². The smallest absolute Gasteiger partial charge is 0.319 e. The van der Waals surface area contributed by atoms with Gasteiger partial charge in [0, 0.05) is 91.4 Å². The van der Waals surface area contributed by atoms with Gasteiger partial charge in [0.2, 0.25) is 0 Å². The topological polar surface area (TPSA) is 113 Å². The number of hydrogen-bond donors (Lipinski definition) is 3.